The Hall–Kier alpha value is -4.82. The molecule has 0 spiro atoms. The lowest BCUT2D eigenvalue weighted by Gasteiger charge is -2.38. The van der Waals surface area contributed by atoms with Gasteiger partial charge < -0.3 is 25.4 Å². The van der Waals surface area contributed by atoms with Gasteiger partial charge in [-0.25, -0.2) is 9.59 Å². The Morgan fingerprint density at radius 3 is 2.29 bits per heavy atom. The first kappa shape index (κ1) is 28.7. The summed E-state index contributed by atoms with van der Waals surface area (Å²) in [4.78, 5) is 39.7. The summed E-state index contributed by atoms with van der Waals surface area (Å²) in [5, 5.41) is 16.0. The van der Waals surface area contributed by atoms with E-state index in [0.717, 1.165) is 16.7 Å². The van der Waals surface area contributed by atoms with Gasteiger partial charge in [0.2, 0.25) is 0 Å². The molecule has 0 bridgehead atoms. The molecule has 4 aromatic carbocycles. The molecule has 214 valence electrons. The SMILES string of the molecule is CC(C)[C@@](C)(C(=O)O)N1Cc2ccc(-c3ccc(NC(=O)Nc4ccc(Cl)cc4Oc4ccccc4)cc3)cc2C1=O. The zero-order valence-electron chi connectivity index (χ0n) is 23.4. The second-order valence-electron chi connectivity index (χ2n) is 10.6. The van der Waals surface area contributed by atoms with E-state index >= 15 is 0 Å². The van der Waals surface area contributed by atoms with Gasteiger partial charge in [-0.1, -0.05) is 67.9 Å². The van der Waals surface area contributed by atoms with Gasteiger partial charge in [0.25, 0.3) is 5.91 Å². The first-order chi connectivity index (χ1) is 20.1. The van der Waals surface area contributed by atoms with E-state index in [-0.39, 0.29) is 18.4 Å². The molecule has 1 aliphatic rings. The third-order valence-electron chi connectivity index (χ3n) is 7.67. The van der Waals surface area contributed by atoms with Crippen LogP contribution >= 0.6 is 11.6 Å². The highest BCUT2D eigenvalue weighted by atomic mass is 35.5. The summed E-state index contributed by atoms with van der Waals surface area (Å²) < 4.78 is 5.91. The standard InChI is InChI=1S/C33H30ClN3O5/c1-20(2)33(3,31(39)40)37-19-23-10-9-22(17-27(23)30(37)38)21-11-14-25(15-12-21)35-32(41)36-28-16-13-24(34)18-29(28)42-26-7-5-4-6-8-26/h4-18,20H,19H2,1-3H3,(H,39,40)(H2,35,36,41)/t33-/m0/s1. The van der Waals surface area contributed by atoms with Crippen LogP contribution in [0.5, 0.6) is 11.5 Å². The molecular formula is C33H30ClN3O5. The second kappa shape index (κ2) is 11.6. The van der Waals surface area contributed by atoms with Crippen molar-refractivity contribution >= 4 is 40.9 Å². The molecule has 42 heavy (non-hydrogen) atoms. The van der Waals surface area contributed by atoms with Gasteiger partial charge in [-0.05, 0) is 72.0 Å². The molecule has 0 fully saturated rings. The van der Waals surface area contributed by atoms with Gasteiger partial charge in [0.15, 0.2) is 5.75 Å². The molecule has 0 unspecified atom stereocenters. The number of carbonyl (C=O) groups is 3. The van der Waals surface area contributed by atoms with E-state index in [1.165, 1.54) is 4.90 Å². The van der Waals surface area contributed by atoms with Crippen LogP contribution < -0.4 is 15.4 Å². The molecule has 1 aliphatic heterocycles. The van der Waals surface area contributed by atoms with Crippen LogP contribution in [0.25, 0.3) is 11.1 Å². The number of carboxylic acids is 1. The number of benzene rings is 4. The van der Waals surface area contributed by atoms with Gasteiger partial charge in [-0.3, -0.25) is 4.79 Å². The summed E-state index contributed by atoms with van der Waals surface area (Å²) in [6.07, 6.45) is 0. The van der Waals surface area contributed by atoms with Gasteiger partial charge in [-0.2, -0.15) is 0 Å². The Morgan fingerprint density at radius 1 is 0.929 bits per heavy atom. The number of hydrogen-bond acceptors (Lipinski definition) is 4. The Balaban J connectivity index is 1.28. The normalized spacial score (nSPS) is 13.8. The van der Waals surface area contributed by atoms with Crippen LogP contribution in [0.3, 0.4) is 0 Å². The van der Waals surface area contributed by atoms with Crippen molar-refractivity contribution in [2.24, 2.45) is 5.92 Å². The summed E-state index contributed by atoms with van der Waals surface area (Å²) in [5.74, 6) is -0.579. The lowest BCUT2D eigenvalue weighted by atomic mass is 9.86. The van der Waals surface area contributed by atoms with E-state index in [2.05, 4.69) is 10.6 Å². The van der Waals surface area contributed by atoms with Crippen LogP contribution in [0.1, 0.15) is 36.7 Å². The maximum atomic E-state index is 13.3. The Kier molecular flexibility index (Phi) is 7.91. The Labute approximate surface area is 248 Å². The van der Waals surface area contributed by atoms with Gasteiger partial charge in [0.1, 0.15) is 11.3 Å². The maximum absolute atomic E-state index is 13.3. The lowest BCUT2D eigenvalue weighted by molar-refractivity contribution is -0.151. The number of aliphatic carboxylic acids is 1. The van der Waals surface area contributed by atoms with Crippen LogP contribution in [0, 0.1) is 5.92 Å². The number of hydrogen-bond donors (Lipinski definition) is 3. The minimum absolute atomic E-state index is 0.249. The third-order valence-corrected chi connectivity index (χ3v) is 7.91. The number of urea groups is 1. The molecule has 3 amide bonds. The fourth-order valence-electron chi connectivity index (χ4n) is 4.86. The van der Waals surface area contributed by atoms with Crippen LogP contribution in [0.15, 0.2) is 91.0 Å². The van der Waals surface area contributed by atoms with Crippen molar-refractivity contribution in [3.63, 3.8) is 0 Å². The van der Waals surface area contributed by atoms with Gasteiger partial charge in [0.05, 0.1) is 5.69 Å². The highest BCUT2D eigenvalue weighted by Gasteiger charge is 2.48. The fourth-order valence-corrected chi connectivity index (χ4v) is 5.02. The minimum Gasteiger partial charge on any atom is -0.479 e. The van der Waals surface area contributed by atoms with E-state index in [0.29, 0.717) is 33.5 Å². The van der Waals surface area contributed by atoms with Crippen molar-refractivity contribution in [2.45, 2.75) is 32.9 Å². The number of fused-ring (bicyclic) bond motifs is 1. The largest absolute Gasteiger partial charge is 0.479 e. The number of nitrogens with one attached hydrogen (secondary N) is 2. The molecule has 0 radical (unpaired) electrons. The number of halogens is 1. The average Bonchev–Trinajstić information content (AvgIpc) is 3.30. The zero-order valence-corrected chi connectivity index (χ0v) is 24.1. The first-order valence-corrected chi connectivity index (χ1v) is 13.8. The Bertz CT molecular complexity index is 1660. The molecule has 3 N–H and O–H groups in total. The number of ether oxygens (including phenoxy) is 1. The average molecular weight is 584 g/mol. The monoisotopic (exact) mass is 583 g/mol. The van der Waals surface area contributed by atoms with E-state index in [1.807, 2.05) is 42.5 Å². The predicted octanol–water partition coefficient (Wildman–Crippen LogP) is 7.90. The molecule has 1 atom stereocenters. The Morgan fingerprint density at radius 2 is 1.62 bits per heavy atom. The molecule has 0 saturated heterocycles. The number of nitrogens with zero attached hydrogens (tertiary/aromatic N) is 1. The van der Waals surface area contributed by atoms with Gasteiger partial charge >= 0.3 is 12.0 Å². The number of amides is 3. The number of anilines is 2. The van der Waals surface area contributed by atoms with Gasteiger partial charge in [-0.15, -0.1) is 0 Å². The first-order valence-electron chi connectivity index (χ1n) is 13.5. The smallest absolute Gasteiger partial charge is 0.329 e. The van der Waals surface area contributed by atoms with E-state index < -0.39 is 17.5 Å². The number of carboxylic acid groups (broad SMARTS) is 1. The fraction of sp³-hybridized carbons (Fsp3) is 0.182. The lowest BCUT2D eigenvalue weighted by Crippen LogP contribution is -2.56. The summed E-state index contributed by atoms with van der Waals surface area (Å²) in [7, 11) is 0. The summed E-state index contributed by atoms with van der Waals surface area (Å²) in [6.45, 7) is 5.45. The van der Waals surface area contributed by atoms with Crippen molar-refractivity contribution in [2.75, 3.05) is 10.6 Å². The number of rotatable bonds is 8. The molecule has 8 nitrogen and oxygen atoms in total. The second-order valence-corrected chi connectivity index (χ2v) is 11.0. The molecule has 1 heterocycles. The third kappa shape index (κ3) is 5.66. The van der Waals surface area contributed by atoms with Gasteiger partial charge in [0, 0.05) is 28.9 Å². The van der Waals surface area contributed by atoms with E-state index in [1.54, 1.807) is 69.3 Å². The van der Waals surface area contributed by atoms with E-state index in [4.69, 9.17) is 16.3 Å². The summed E-state index contributed by atoms with van der Waals surface area (Å²) in [6, 6.07) is 26.5. The van der Waals surface area contributed by atoms with Crippen LogP contribution in [0.2, 0.25) is 5.02 Å². The molecular weight excluding hydrogens is 554 g/mol. The van der Waals surface area contributed by atoms with Crippen molar-refractivity contribution in [1.82, 2.24) is 4.90 Å². The topological polar surface area (TPSA) is 108 Å². The molecule has 9 heteroatoms. The minimum atomic E-state index is -1.31. The molecule has 0 aromatic heterocycles. The quantitative estimate of drug-likeness (QED) is 0.195. The number of para-hydroxylation sites is 1. The molecule has 5 rings (SSSR count). The van der Waals surface area contributed by atoms with Crippen LogP contribution in [-0.2, 0) is 11.3 Å². The van der Waals surface area contributed by atoms with Crippen molar-refractivity contribution in [3.8, 4) is 22.6 Å². The zero-order chi connectivity index (χ0) is 30.0. The predicted molar refractivity (Wildman–Crippen MR) is 163 cm³/mol. The highest BCUT2D eigenvalue weighted by molar-refractivity contribution is 6.30. The molecule has 4 aromatic rings. The molecule has 0 aliphatic carbocycles. The summed E-state index contributed by atoms with van der Waals surface area (Å²) in [5.41, 5.74) is 2.65. The van der Waals surface area contributed by atoms with Crippen molar-refractivity contribution in [3.05, 3.63) is 107 Å². The van der Waals surface area contributed by atoms with Crippen LogP contribution in [-0.4, -0.2) is 33.5 Å². The highest BCUT2D eigenvalue weighted by Crippen LogP contribution is 2.36. The van der Waals surface area contributed by atoms with Crippen LogP contribution in [0.4, 0.5) is 16.2 Å². The van der Waals surface area contributed by atoms with Crippen molar-refractivity contribution in [1.29, 1.82) is 0 Å². The number of carbonyl (C=O) groups excluding carboxylic acids is 2. The maximum Gasteiger partial charge on any atom is 0.329 e. The summed E-state index contributed by atoms with van der Waals surface area (Å²) >= 11 is 6.15. The van der Waals surface area contributed by atoms with Crippen molar-refractivity contribution < 1.29 is 24.2 Å². The molecule has 0 saturated carbocycles. The van der Waals surface area contributed by atoms with E-state index in [9.17, 15) is 19.5 Å².